The van der Waals surface area contributed by atoms with E-state index in [0.29, 0.717) is 11.3 Å². The molecule has 72 valence electrons. The average Bonchev–Trinajstić information content (AvgIpc) is 2.56. The Kier molecular flexibility index (Phi) is 3.28. The van der Waals surface area contributed by atoms with Crippen LogP contribution in [-0.4, -0.2) is 5.38 Å². The smallest absolute Gasteiger partial charge is 0.0412 e. The molecule has 0 spiro atoms. The van der Waals surface area contributed by atoms with Crippen molar-refractivity contribution in [1.29, 1.82) is 0 Å². The van der Waals surface area contributed by atoms with Crippen LogP contribution in [0.5, 0.6) is 0 Å². The predicted molar refractivity (Wildman–Crippen MR) is 59.8 cm³/mol. The van der Waals surface area contributed by atoms with Gasteiger partial charge >= 0.3 is 0 Å². The van der Waals surface area contributed by atoms with Gasteiger partial charge in [-0.15, -0.1) is 22.9 Å². The SMILES string of the molecule is ClC1CCCCCC1c1cccs1. The third-order valence-corrected chi connectivity index (χ3v) is 4.37. The summed E-state index contributed by atoms with van der Waals surface area (Å²) in [6.45, 7) is 0. The van der Waals surface area contributed by atoms with Crippen molar-refractivity contribution in [3.05, 3.63) is 22.4 Å². The fourth-order valence-electron chi connectivity index (χ4n) is 2.09. The lowest BCUT2D eigenvalue weighted by molar-refractivity contribution is 0.609. The first-order valence-electron chi connectivity index (χ1n) is 5.05. The zero-order chi connectivity index (χ0) is 9.10. The van der Waals surface area contributed by atoms with Crippen molar-refractivity contribution in [2.75, 3.05) is 0 Å². The lowest BCUT2D eigenvalue weighted by atomic mass is 9.98. The molecule has 1 aromatic heterocycles. The lowest BCUT2D eigenvalue weighted by Gasteiger charge is -2.17. The summed E-state index contributed by atoms with van der Waals surface area (Å²) in [5.74, 6) is 0.629. The van der Waals surface area contributed by atoms with Gasteiger partial charge in [0.15, 0.2) is 0 Å². The van der Waals surface area contributed by atoms with Gasteiger partial charge in [0.2, 0.25) is 0 Å². The van der Waals surface area contributed by atoms with Gasteiger partial charge in [-0.05, 0) is 24.3 Å². The molecule has 1 aromatic rings. The lowest BCUT2D eigenvalue weighted by Crippen LogP contribution is -2.09. The molecule has 1 saturated carbocycles. The molecule has 0 radical (unpaired) electrons. The highest BCUT2D eigenvalue weighted by Gasteiger charge is 2.23. The number of alkyl halides is 1. The maximum Gasteiger partial charge on any atom is 0.0412 e. The highest BCUT2D eigenvalue weighted by atomic mass is 35.5. The van der Waals surface area contributed by atoms with E-state index in [1.807, 2.05) is 11.3 Å². The molecule has 0 N–H and O–H groups in total. The van der Waals surface area contributed by atoms with Crippen LogP contribution in [0, 0.1) is 0 Å². The van der Waals surface area contributed by atoms with E-state index in [2.05, 4.69) is 17.5 Å². The van der Waals surface area contributed by atoms with E-state index in [-0.39, 0.29) is 0 Å². The second-order valence-electron chi connectivity index (χ2n) is 3.78. The third kappa shape index (κ3) is 2.26. The fourth-order valence-corrected chi connectivity index (χ4v) is 3.50. The Bertz CT molecular complexity index is 243. The summed E-state index contributed by atoms with van der Waals surface area (Å²) in [7, 11) is 0. The Morgan fingerprint density at radius 1 is 1.23 bits per heavy atom. The van der Waals surface area contributed by atoms with Crippen molar-refractivity contribution in [2.45, 2.75) is 43.4 Å². The molecule has 1 aliphatic carbocycles. The van der Waals surface area contributed by atoms with Crippen molar-refractivity contribution in [2.24, 2.45) is 0 Å². The van der Waals surface area contributed by atoms with Crippen LogP contribution >= 0.6 is 22.9 Å². The molecule has 1 fully saturated rings. The van der Waals surface area contributed by atoms with Crippen LogP contribution in [0.4, 0.5) is 0 Å². The summed E-state index contributed by atoms with van der Waals surface area (Å²) in [6.07, 6.45) is 6.52. The van der Waals surface area contributed by atoms with Crippen molar-refractivity contribution < 1.29 is 0 Å². The number of hydrogen-bond donors (Lipinski definition) is 0. The van der Waals surface area contributed by atoms with E-state index >= 15 is 0 Å². The molecule has 0 saturated heterocycles. The quantitative estimate of drug-likeness (QED) is 0.480. The Morgan fingerprint density at radius 2 is 2.08 bits per heavy atom. The molecule has 0 nitrogen and oxygen atoms in total. The Morgan fingerprint density at radius 3 is 2.85 bits per heavy atom. The summed E-state index contributed by atoms with van der Waals surface area (Å²) in [4.78, 5) is 1.49. The zero-order valence-corrected chi connectivity index (χ0v) is 9.28. The van der Waals surface area contributed by atoms with Gasteiger partial charge < -0.3 is 0 Å². The summed E-state index contributed by atoms with van der Waals surface area (Å²) < 4.78 is 0. The van der Waals surface area contributed by atoms with E-state index in [4.69, 9.17) is 11.6 Å². The molecule has 2 unspecified atom stereocenters. The predicted octanol–water partition coefficient (Wildman–Crippen LogP) is 4.40. The number of hydrogen-bond acceptors (Lipinski definition) is 1. The van der Waals surface area contributed by atoms with Crippen LogP contribution in [0.15, 0.2) is 17.5 Å². The van der Waals surface area contributed by atoms with E-state index in [1.165, 1.54) is 37.0 Å². The molecule has 0 aliphatic heterocycles. The van der Waals surface area contributed by atoms with E-state index in [0.717, 1.165) is 0 Å². The molecule has 0 bridgehead atoms. The van der Waals surface area contributed by atoms with E-state index in [9.17, 15) is 0 Å². The van der Waals surface area contributed by atoms with E-state index in [1.54, 1.807) is 0 Å². The maximum absolute atomic E-state index is 6.39. The molecular formula is C11H15ClS. The number of thiophene rings is 1. The molecule has 1 aliphatic rings. The molecular weight excluding hydrogens is 200 g/mol. The molecule has 2 heteroatoms. The first-order valence-corrected chi connectivity index (χ1v) is 6.37. The van der Waals surface area contributed by atoms with Gasteiger partial charge in [0, 0.05) is 16.2 Å². The van der Waals surface area contributed by atoms with Crippen LogP contribution in [0.2, 0.25) is 0 Å². The molecule has 13 heavy (non-hydrogen) atoms. The van der Waals surface area contributed by atoms with Gasteiger partial charge in [0.05, 0.1) is 0 Å². The number of halogens is 1. The first kappa shape index (κ1) is 9.54. The van der Waals surface area contributed by atoms with Crippen LogP contribution < -0.4 is 0 Å². The topological polar surface area (TPSA) is 0 Å². The summed E-state index contributed by atoms with van der Waals surface area (Å²) in [6, 6.07) is 4.37. The third-order valence-electron chi connectivity index (χ3n) is 2.84. The molecule has 0 aromatic carbocycles. The number of rotatable bonds is 1. The van der Waals surface area contributed by atoms with Crippen LogP contribution in [0.1, 0.15) is 42.9 Å². The van der Waals surface area contributed by atoms with Crippen molar-refractivity contribution >= 4 is 22.9 Å². The van der Waals surface area contributed by atoms with Crippen LogP contribution in [0.25, 0.3) is 0 Å². The van der Waals surface area contributed by atoms with Crippen molar-refractivity contribution in [3.8, 4) is 0 Å². The average molecular weight is 215 g/mol. The minimum absolute atomic E-state index is 0.376. The largest absolute Gasteiger partial charge is 0.149 e. The van der Waals surface area contributed by atoms with E-state index < -0.39 is 0 Å². The molecule has 2 rings (SSSR count). The van der Waals surface area contributed by atoms with Gasteiger partial charge in [-0.2, -0.15) is 0 Å². The monoisotopic (exact) mass is 214 g/mol. The summed E-state index contributed by atoms with van der Waals surface area (Å²) >= 11 is 8.24. The minimum atomic E-state index is 0.376. The van der Waals surface area contributed by atoms with Crippen molar-refractivity contribution in [3.63, 3.8) is 0 Å². The Labute approximate surface area is 88.9 Å². The summed E-state index contributed by atoms with van der Waals surface area (Å²) in [5.41, 5.74) is 0. The standard InChI is InChI=1S/C11H15ClS/c12-10-6-3-1-2-5-9(10)11-7-4-8-13-11/h4,7-10H,1-3,5-6H2. The van der Waals surface area contributed by atoms with Gasteiger partial charge in [0.25, 0.3) is 0 Å². The summed E-state index contributed by atoms with van der Waals surface area (Å²) in [5, 5.41) is 2.53. The normalized spacial score (nSPS) is 29.9. The highest BCUT2D eigenvalue weighted by Crippen LogP contribution is 2.37. The Balaban J connectivity index is 2.11. The van der Waals surface area contributed by atoms with Gasteiger partial charge in [-0.1, -0.05) is 25.3 Å². The first-order chi connectivity index (χ1) is 6.38. The highest BCUT2D eigenvalue weighted by molar-refractivity contribution is 7.10. The second kappa shape index (κ2) is 4.47. The van der Waals surface area contributed by atoms with Crippen molar-refractivity contribution in [1.82, 2.24) is 0 Å². The Hall–Kier alpha value is -0.0100. The van der Waals surface area contributed by atoms with Crippen LogP contribution in [0.3, 0.4) is 0 Å². The molecule has 1 heterocycles. The second-order valence-corrected chi connectivity index (χ2v) is 5.32. The van der Waals surface area contributed by atoms with Gasteiger partial charge in [0.1, 0.15) is 0 Å². The van der Waals surface area contributed by atoms with Gasteiger partial charge in [-0.25, -0.2) is 0 Å². The zero-order valence-electron chi connectivity index (χ0n) is 7.71. The fraction of sp³-hybridized carbons (Fsp3) is 0.636. The van der Waals surface area contributed by atoms with Crippen LogP contribution in [-0.2, 0) is 0 Å². The molecule has 2 atom stereocenters. The maximum atomic E-state index is 6.39. The van der Waals surface area contributed by atoms with Gasteiger partial charge in [-0.3, -0.25) is 0 Å². The molecule has 0 amide bonds. The minimum Gasteiger partial charge on any atom is -0.149 e.